The Labute approximate surface area is 95.3 Å². The Morgan fingerprint density at radius 2 is 2.00 bits per heavy atom. The largest absolute Gasteiger partial charge is 0.396 e. The van der Waals surface area contributed by atoms with Crippen LogP contribution in [0.1, 0.15) is 12.5 Å². The molecule has 1 aromatic heterocycles. The number of aliphatic hydroxyl groups excluding tert-OH is 1. The molecule has 0 bridgehead atoms. The van der Waals surface area contributed by atoms with E-state index < -0.39 is 0 Å². The molecule has 2 rings (SSSR count). The molecule has 0 saturated heterocycles. The van der Waals surface area contributed by atoms with Crippen molar-refractivity contribution >= 4 is 0 Å². The molecular formula is C13H15N2O. The first kappa shape index (κ1) is 10.9. The maximum absolute atomic E-state index is 8.79. The fraction of sp³-hybridized carbons (Fsp3) is 0.231. The van der Waals surface area contributed by atoms with Crippen molar-refractivity contribution in [3.63, 3.8) is 0 Å². The summed E-state index contributed by atoms with van der Waals surface area (Å²) < 4.78 is 1.96. The first-order chi connectivity index (χ1) is 7.85. The van der Waals surface area contributed by atoms with Crippen LogP contribution in [0.15, 0.2) is 36.5 Å². The molecule has 0 spiro atoms. The van der Waals surface area contributed by atoms with E-state index in [0.717, 1.165) is 23.4 Å². The number of aliphatic hydroxyl groups is 1. The van der Waals surface area contributed by atoms with Crippen LogP contribution in [0.5, 0.6) is 0 Å². The Bertz CT molecular complexity index is 445. The molecule has 1 aromatic carbocycles. The maximum atomic E-state index is 8.79. The van der Waals surface area contributed by atoms with Gasteiger partial charge in [-0.15, -0.1) is 0 Å². The summed E-state index contributed by atoms with van der Waals surface area (Å²) in [5.74, 6) is 0. The molecule has 1 heterocycles. The highest BCUT2D eigenvalue weighted by atomic mass is 16.2. The lowest BCUT2D eigenvalue weighted by atomic mass is 10.1. The molecule has 0 unspecified atom stereocenters. The lowest BCUT2D eigenvalue weighted by molar-refractivity contribution is 0.331. The average molecular weight is 215 g/mol. The smallest absolute Gasteiger partial charge is 0.0682 e. The second kappa shape index (κ2) is 4.94. The minimum Gasteiger partial charge on any atom is -0.396 e. The SMILES string of the molecule is CCn1nccc1-c1ccc([CH]CO)cc1. The highest BCUT2D eigenvalue weighted by Gasteiger charge is 2.03. The summed E-state index contributed by atoms with van der Waals surface area (Å²) in [7, 11) is 0. The van der Waals surface area contributed by atoms with Crippen LogP contribution < -0.4 is 0 Å². The van der Waals surface area contributed by atoms with Gasteiger partial charge in [-0.3, -0.25) is 4.68 Å². The minimum atomic E-state index is 0.0756. The fourth-order valence-electron chi connectivity index (χ4n) is 1.73. The lowest BCUT2D eigenvalue weighted by Crippen LogP contribution is -1.98. The second-order valence-electron chi connectivity index (χ2n) is 3.54. The van der Waals surface area contributed by atoms with E-state index in [1.807, 2.05) is 41.2 Å². The Hall–Kier alpha value is -1.61. The quantitative estimate of drug-likeness (QED) is 0.848. The standard InChI is InChI=1S/C13H15N2O/c1-2-15-13(7-9-14-15)12-5-3-11(4-6-12)8-10-16/h3-9,16H,2,10H2,1H3. The number of nitrogens with zero attached hydrogens (tertiary/aromatic N) is 2. The van der Waals surface area contributed by atoms with Crippen LogP contribution in [0.4, 0.5) is 0 Å². The molecule has 1 radical (unpaired) electrons. The van der Waals surface area contributed by atoms with Crippen LogP contribution in [0.3, 0.4) is 0 Å². The molecule has 0 aliphatic rings. The fourth-order valence-corrected chi connectivity index (χ4v) is 1.73. The van der Waals surface area contributed by atoms with Gasteiger partial charge in [0, 0.05) is 19.2 Å². The summed E-state index contributed by atoms with van der Waals surface area (Å²) in [5.41, 5.74) is 3.31. The molecule has 1 N–H and O–H groups in total. The zero-order chi connectivity index (χ0) is 11.4. The van der Waals surface area contributed by atoms with Gasteiger partial charge < -0.3 is 5.11 Å². The topological polar surface area (TPSA) is 38.0 Å². The van der Waals surface area contributed by atoms with Crippen LogP contribution in [0.2, 0.25) is 0 Å². The predicted molar refractivity (Wildman–Crippen MR) is 63.8 cm³/mol. The maximum Gasteiger partial charge on any atom is 0.0682 e. The van der Waals surface area contributed by atoms with E-state index in [4.69, 9.17) is 5.11 Å². The molecule has 0 amide bonds. The third kappa shape index (κ3) is 2.14. The number of aryl methyl sites for hydroxylation is 1. The lowest BCUT2D eigenvalue weighted by Gasteiger charge is -2.05. The normalized spacial score (nSPS) is 10.6. The van der Waals surface area contributed by atoms with Crippen molar-refractivity contribution in [2.24, 2.45) is 0 Å². The number of hydrogen-bond acceptors (Lipinski definition) is 2. The van der Waals surface area contributed by atoms with Crippen LogP contribution in [0.25, 0.3) is 11.3 Å². The first-order valence-corrected chi connectivity index (χ1v) is 5.41. The van der Waals surface area contributed by atoms with E-state index in [1.165, 1.54) is 0 Å². The van der Waals surface area contributed by atoms with Gasteiger partial charge in [-0.05, 0) is 24.1 Å². The predicted octanol–water partition coefficient (Wildman–Crippen LogP) is 2.11. The van der Waals surface area contributed by atoms with Crippen molar-refractivity contribution in [2.45, 2.75) is 13.5 Å². The molecule has 3 heteroatoms. The van der Waals surface area contributed by atoms with E-state index in [2.05, 4.69) is 12.0 Å². The molecule has 3 nitrogen and oxygen atoms in total. The van der Waals surface area contributed by atoms with E-state index in [-0.39, 0.29) is 6.61 Å². The summed E-state index contributed by atoms with van der Waals surface area (Å²) >= 11 is 0. The Morgan fingerprint density at radius 1 is 1.25 bits per heavy atom. The molecule has 0 saturated carbocycles. The van der Waals surface area contributed by atoms with Crippen LogP contribution >= 0.6 is 0 Å². The Kier molecular flexibility index (Phi) is 3.37. The van der Waals surface area contributed by atoms with Crippen molar-refractivity contribution in [1.29, 1.82) is 0 Å². The molecule has 0 aliphatic carbocycles. The van der Waals surface area contributed by atoms with Crippen molar-refractivity contribution in [3.05, 3.63) is 48.5 Å². The monoisotopic (exact) mass is 215 g/mol. The molecule has 0 aliphatic heterocycles. The van der Waals surface area contributed by atoms with Gasteiger partial charge in [-0.2, -0.15) is 5.10 Å². The van der Waals surface area contributed by atoms with Crippen LogP contribution in [-0.2, 0) is 6.54 Å². The van der Waals surface area contributed by atoms with Gasteiger partial charge in [0.05, 0.1) is 12.3 Å². The molecule has 83 valence electrons. The summed E-state index contributed by atoms with van der Waals surface area (Å²) in [6.45, 7) is 3.02. The van der Waals surface area contributed by atoms with Gasteiger partial charge in [0.1, 0.15) is 0 Å². The zero-order valence-electron chi connectivity index (χ0n) is 9.30. The Morgan fingerprint density at radius 3 is 2.62 bits per heavy atom. The molecule has 16 heavy (non-hydrogen) atoms. The summed E-state index contributed by atoms with van der Waals surface area (Å²) in [6, 6.07) is 10.1. The minimum absolute atomic E-state index is 0.0756. The second-order valence-corrected chi connectivity index (χ2v) is 3.54. The molecule has 0 fully saturated rings. The van der Waals surface area contributed by atoms with Crippen molar-refractivity contribution in [1.82, 2.24) is 9.78 Å². The summed E-state index contributed by atoms with van der Waals surface area (Å²) in [5, 5.41) is 13.0. The molecule has 2 aromatic rings. The van der Waals surface area contributed by atoms with E-state index in [9.17, 15) is 0 Å². The van der Waals surface area contributed by atoms with Gasteiger partial charge in [0.15, 0.2) is 0 Å². The summed E-state index contributed by atoms with van der Waals surface area (Å²) in [4.78, 5) is 0. The van der Waals surface area contributed by atoms with Crippen LogP contribution in [-0.4, -0.2) is 21.5 Å². The summed E-state index contributed by atoms with van der Waals surface area (Å²) in [6.07, 6.45) is 3.59. The number of rotatable bonds is 4. The van der Waals surface area contributed by atoms with Gasteiger partial charge in [0.25, 0.3) is 0 Å². The number of benzene rings is 1. The van der Waals surface area contributed by atoms with Crippen molar-refractivity contribution in [3.8, 4) is 11.3 Å². The van der Waals surface area contributed by atoms with Gasteiger partial charge >= 0.3 is 0 Å². The number of hydrogen-bond donors (Lipinski definition) is 1. The van der Waals surface area contributed by atoms with Gasteiger partial charge in [0.2, 0.25) is 0 Å². The Balaban J connectivity index is 2.27. The number of aromatic nitrogens is 2. The van der Waals surface area contributed by atoms with E-state index in [0.29, 0.717) is 0 Å². The van der Waals surface area contributed by atoms with Crippen LogP contribution in [0, 0.1) is 6.42 Å². The average Bonchev–Trinajstić information content (AvgIpc) is 2.78. The van der Waals surface area contributed by atoms with Gasteiger partial charge in [-0.25, -0.2) is 0 Å². The van der Waals surface area contributed by atoms with Crippen molar-refractivity contribution in [2.75, 3.05) is 6.61 Å². The highest BCUT2D eigenvalue weighted by Crippen LogP contribution is 2.19. The highest BCUT2D eigenvalue weighted by molar-refractivity contribution is 5.59. The van der Waals surface area contributed by atoms with E-state index in [1.54, 1.807) is 6.42 Å². The third-order valence-corrected chi connectivity index (χ3v) is 2.55. The van der Waals surface area contributed by atoms with Crippen molar-refractivity contribution < 1.29 is 5.11 Å². The van der Waals surface area contributed by atoms with Gasteiger partial charge in [-0.1, -0.05) is 24.3 Å². The van der Waals surface area contributed by atoms with E-state index >= 15 is 0 Å². The zero-order valence-corrected chi connectivity index (χ0v) is 9.30. The third-order valence-electron chi connectivity index (χ3n) is 2.55. The molecular weight excluding hydrogens is 200 g/mol. The molecule has 0 atom stereocenters. The first-order valence-electron chi connectivity index (χ1n) is 5.41.